The van der Waals surface area contributed by atoms with E-state index in [-0.39, 0.29) is 36.3 Å². The minimum Gasteiger partial charge on any atom is -0.505 e. The largest absolute Gasteiger partial charge is 0.505 e. The van der Waals surface area contributed by atoms with E-state index in [9.17, 15) is 18.9 Å². The zero-order chi connectivity index (χ0) is 17.5. The van der Waals surface area contributed by atoms with Gasteiger partial charge in [-0.2, -0.15) is 0 Å². The monoisotopic (exact) mass is 351 g/mol. The lowest BCUT2D eigenvalue weighted by molar-refractivity contribution is 0.0909. The van der Waals surface area contributed by atoms with E-state index < -0.39 is 26.4 Å². The zero-order valence-corrected chi connectivity index (χ0v) is 12.6. The van der Waals surface area contributed by atoms with Crippen molar-refractivity contribution in [2.45, 2.75) is 12.8 Å². The fraction of sp³-hybridized carbons (Fsp3) is 0.364. The van der Waals surface area contributed by atoms with Crippen LogP contribution in [0, 0.1) is 0 Å². The maximum atomic E-state index is 12.8. The first-order chi connectivity index (χ1) is 10.8. The van der Waals surface area contributed by atoms with Crippen LogP contribution in [0.5, 0.6) is 5.75 Å². The molecule has 23 heavy (non-hydrogen) atoms. The smallest absolute Gasteiger partial charge is 0.469 e. The molecule has 5 N–H and O–H groups in total. The molecule has 0 spiro atoms. The molecule has 0 amide bonds. The number of phosphoric acid groups is 1. The molecule has 10 nitrogen and oxygen atoms in total. The molecule has 0 saturated carbocycles. The highest BCUT2D eigenvalue weighted by Gasteiger charge is 2.18. The number of aromatic nitrogens is 1. The number of hydrogen-bond acceptors (Lipinski definition) is 8. The van der Waals surface area contributed by atoms with E-state index >= 15 is 0 Å². The Balaban J connectivity index is 2.86. The molecule has 1 heterocycles. The Kier molecular flexibility index (Phi) is 7.20. The van der Waals surface area contributed by atoms with Gasteiger partial charge in [-0.05, 0) is 0 Å². The van der Waals surface area contributed by atoms with Gasteiger partial charge >= 0.3 is 7.82 Å². The van der Waals surface area contributed by atoms with E-state index in [4.69, 9.17) is 15.5 Å². The molecule has 12 heteroatoms. The topological polar surface area (TPSA) is 165 Å². The number of phosphoric ester groups is 1. The Labute approximate surface area is 130 Å². The summed E-state index contributed by atoms with van der Waals surface area (Å²) < 4.78 is 27.6. The van der Waals surface area contributed by atoms with Crippen LogP contribution in [0.25, 0.3) is 0 Å². The third-order valence-corrected chi connectivity index (χ3v) is 2.94. The fourth-order valence-electron chi connectivity index (χ4n) is 1.34. The summed E-state index contributed by atoms with van der Waals surface area (Å²) >= 11 is 0. The molecule has 1 unspecified atom stereocenters. The number of alkyl halides is 1. The molecule has 128 valence electrons. The number of pyridine rings is 1. The number of hydrogen-bond donors (Lipinski definition) is 4. The summed E-state index contributed by atoms with van der Waals surface area (Å²) in [4.78, 5) is 36.6. The number of carbonyl (C=O) groups is 1. The molecule has 0 saturated heterocycles. The molecule has 0 bridgehead atoms. The van der Waals surface area contributed by atoms with E-state index in [0.717, 1.165) is 12.4 Å². The normalized spacial score (nSPS) is 13.2. The third kappa shape index (κ3) is 6.38. The van der Waals surface area contributed by atoms with Crippen LogP contribution in [0.1, 0.15) is 21.6 Å². The summed E-state index contributed by atoms with van der Waals surface area (Å²) in [6.07, 6.45) is 0.878. The van der Waals surface area contributed by atoms with Crippen molar-refractivity contribution < 1.29 is 38.0 Å². The maximum absolute atomic E-state index is 12.8. The molecule has 1 atom stereocenters. The van der Waals surface area contributed by atoms with Gasteiger partial charge in [0.1, 0.15) is 18.5 Å². The van der Waals surface area contributed by atoms with Crippen LogP contribution in [0.4, 0.5) is 4.39 Å². The predicted molar refractivity (Wildman–Crippen MR) is 75.6 cm³/mol. The average molecular weight is 351 g/mol. The Bertz CT molecular complexity index is 622. The molecule has 1 aromatic rings. The molecular formula is C11H15FN3O7P. The van der Waals surface area contributed by atoms with Crippen molar-refractivity contribution in [1.29, 1.82) is 0 Å². The van der Waals surface area contributed by atoms with Crippen LogP contribution in [0.15, 0.2) is 11.4 Å². The molecule has 1 rings (SSSR count). The molecule has 0 aliphatic heterocycles. The first kappa shape index (κ1) is 19.1. The van der Waals surface area contributed by atoms with Gasteiger partial charge in [0.25, 0.3) is 0 Å². The van der Waals surface area contributed by atoms with Gasteiger partial charge in [-0.3, -0.25) is 14.3 Å². The van der Waals surface area contributed by atoms with Crippen LogP contribution in [-0.2, 0) is 20.5 Å². The molecule has 0 fully saturated rings. The van der Waals surface area contributed by atoms with Crippen LogP contribution in [0.3, 0.4) is 0 Å². The van der Waals surface area contributed by atoms with E-state index in [1.165, 1.54) is 0 Å². The van der Waals surface area contributed by atoms with Gasteiger partial charge in [0, 0.05) is 18.3 Å². The van der Waals surface area contributed by atoms with Crippen LogP contribution in [0.2, 0.25) is 0 Å². The number of aromatic hydroxyl groups is 1. The van der Waals surface area contributed by atoms with E-state index in [1.54, 1.807) is 0 Å². The number of nitrogens with two attached hydrogens (primary N) is 1. The maximum Gasteiger partial charge on any atom is 0.469 e. The van der Waals surface area contributed by atoms with Gasteiger partial charge < -0.3 is 25.5 Å². The number of oxime groups is 1. The van der Waals surface area contributed by atoms with E-state index in [0.29, 0.717) is 0 Å². The van der Waals surface area contributed by atoms with Gasteiger partial charge in [-0.25, -0.2) is 8.96 Å². The highest BCUT2D eigenvalue weighted by Crippen LogP contribution is 2.37. The number of carbonyl (C=O) groups excluding carboxylic acids is 1. The second-order valence-corrected chi connectivity index (χ2v) is 5.42. The highest BCUT2D eigenvalue weighted by molar-refractivity contribution is 7.46. The molecule has 0 aliphatic carbocycles. The molecule has 0 aromatic carbocycles. The fourth-order valence-corrected chi connectivity index (χ4v) is 1.65. The lowest BCUT2D eigenvalue weighted by Crippen LogP contribution is -2.19. The van der Waals surface area contributed by atoms with Gasteiger partial charge in [0.05, 0.1) is 18.4 Å². The van der Waals surface area contributed by atoms with Gasteiger partial charge in [0.15, 0.2) is 12.0 Å². The summed E-state index contributed by atoms with van der Waals surface area (Å²) in [6, 6.07) is 0. The van der Waals surface area contributed by atoms with Crippen molar-refractivity contribution in [1.82, 2.24) is 4.98 Å². The van der Waals surface area contributed by atoms with Gasteiger partial charge in [-0.15, -0.1) is 0 Å². The summed E-state index contributed by atoms with van der Waals surface area (Å²) in [5.41, 5.74) is 4.57. The highest BCUT2D eigenvalue weighted by atomic mass is 31.2. The zero-order valence-electron chi connectivity index (χ0n) is 11.7. The number of rotatable bonds is 9. The number of nitrogens with zero attached hydrogens (tertiary/aromatic N) is 2. The summed E-state index contributed by atoms with van der Waals surface area (Å²) in [7, 11) is -4.74. The lowest BCUT2D eigenvalue weighted by Gasteiger charge is -2.09. The van der Waals surface area contributed by atoms with Crippen molar-refractivity contribution in [2.75, 3.05) is 13.2 Å². The predicted octanol–water partition coefficient (Wildman–Crippen LogP) is -0.144. The quantitative estimate of drug-likeness (QED) is 0.205. The van der Waals surface area contributed by atoms with E-state index in [2.05, 4.69) is 19.5 Å². The minimum absolute atomic E-state index is 0.0363. The van der Waals surface area contributed by atoms with Crippen molar-refractivity contribution >= 4 is 20.3 Å². The SMILES string of the molecule is NCC(F)CON=Cc1ncc(COP(=O)(O)O)c(C=O)c1O. The Hall–Kier alpha value is -1.91. The number of aldehydes is 1. The third-order valence-electron chi connectivity index (χ3n) is 2.47. The Morgan fingerprint density at radius 2 is 2.22 bits per heavy atom. The van der Waals surface area contributed by atoms with Crippen LogP contribution < -0.4 is 5.73 Å². The molecule has 0 aliphatic rings. The first-order valence-corrected chi connectivity index (χ1v) is 7.67. The Morgan fingerprint density at radius 1 is 1.52 bits per heavy atom. The summed E-state index contributed by atoms with van der Waals surface area (Å²) in [6.45, 7) is -1.25. The second-order valence-electron chi connectivity index (χ2n) is 4.18. The minimum atomic E-state index is -4.74. The van der Waals surface area contributed by atoms with Crippen molar-refractivity contribution in [3.05, 3.63) is 23.0 Å². The van der Waals surface area contributed by atoms with Crippen LogP contribution >= 0.6 is 7.82 Å². The van der Waals surface area contributed by atoms with Crippen LogP contribution in [-0.4, -0.2) is 51.7 Å². The van der Waals surface area contributed by atoms with Crippen molar-refractivity contribution in [2.24, 2.45) is 10.9 Å². The van der Waals surface area contributed by atoms with E-state index in [1.807, 2.05) is 0 Å². The van der Waals surface area contributed by atoms with Gasteiger partial charge in [-0.1, -0.05) is 5.16 Å². The molecule has 1 aromatic heterocycles. The molecular weight excluding hydrogens is 336 g/mol. The van der Waals surface area contributed by atoms with Crippen molar-refractivity contribution in [3.8, 4) is 5.75 Å². The standard InChI is InChI=1S/C11H15FN3O7P/c12-8(1-13)6-21-15-3-10-11(17)9(4-16)7(2-14-10)5-22-23(18,19)20/h2-4,8,17H,1,5-6,13H2,(H2,18,19,20). The molecule has 0 radical (unpaired) electrons. The van der Waals surface area contributed by atoms with Crippen molar-refractivity contribution in [3.63, 3.8) is 0 Å². The average Bonchev–Trinajstić information content (AvgIpc) is 2.49. The lowest BCUT2D eigenvalue weighted by atomic mass is 10.1. The summed E-state index contributed by atoms with van der Waals surface area (Å²) in [5.74, 6) is -0.588. The Morgan fingerprint density at radius 3 is 2.78 bits per heavy atom. The second kappa shape index (κ2) is 8.65. The van der Waals surface area contributed by atoms with Gasteiger partial charge in [0.2, 0.25) is 0 Å². The summed E-state index contributed by atoms with van der Waals surface area (Å²) in [5, 5.41) is 13.2. The first-order valence-electron chi connectivity index (χ1n) is 6.14. The number of halogens is 1.